The second-order valence-electron chi connectivity index (χ2n) is 4.61. The lowest BCUT2D eigenvalue weighted by Gasteiger charge is -2.07. The standard InChI is InChI=1S/C15H23N3O3/c1-12(19)18-11-13-3-5-14(6-4-13)15(20)17-8-7-16-9-10-21-2/h3-6,16H,7-11H2,1-2H3,(H,17,20)(H,18,19). The van der Waals surface area contributed by atoms with Gasteiger partial charge in [0.2, 0.25) is 5.91 Å². The minimum absolute atomic E-state index is 0.0715. The van der Waals surface area contributed by atoms with Crippen LogP contribution in [-0.4, -0.2) is 45.2 Å². The fourth-order valence-electron chi connectivity index (χ4n) is 1.67. The van der Waals surface area contributed by atoms with E-state index in [-0.39, 0.29) is 11.8 Å². The van der Waals surface area contributed by atoms with Crippen molar-refractivity contribution in [2.24, 2.45) is 0 Å². The molecule has 0 bridgehead atoms. The molecule has 0 atom stereocenters. The molecule has 0 saturated heterocycles. The van der Waals surface area contributed by atoms with Crippen molar-refractivity contribution < 1.29 is 14.3 Å². The minimum atomic E-state index is -0.102. The molecule has 0 aromatic heterocycles. The highest BCUT2D eigenvalue weighted by molar-refractivity contribution is 5.94. The zero-order chi connectivity index (χ0) is 15.5. The van der Waals surface area contributed by atoms with E-state index in [0.29, 0.717) is 31.8 Å². The van der Waals surface area contributed by atoms with Gasteiger partial charge in [-0.2, -0.15) is 0 Å². The number of amides is 2. The van der Waals surface area contributed by atoms with E-state index < -0.39 is 0 Å². The summed E-state index contributed by atoms with van der Waals surface area (Å²) in [6.07, 6.45) is 0. The molecule has 0 radical (unpaired) electrons. The van der Waals surface area contributed by atoms with Gasteiger partial charge in [0, 0.05) is 45.8 Å². The zero-order valence-corrected chi connectivity index (χ0v) is 12.6. The van der Waals surface area contributed by atoms with Gasteiger partial charge in [0.05, 0.1) is 6.61 Å². The van der Waals surface area contributed by atoms with Gasteiger partial charge in [-0.15, -0.1) is 0 Å². The van der Waals surface area contributed by atoms with E-state index in [1.807, 2.05) is 12.1 Å². The Morgan fingerprint density at radius 3 is 2.38 bits per heavy atom. The summed E-state index contributed by atoms with van der Waals surface area (Å²) in [5, 5.41) is 8.69. The van der Waals surface area contributed by atoms with Gasteiger partial charge in [0.25, 0.3) is 5.91 Å². The Hall–Kier alpha value is -1.92. The third-order valence-electron chi connectivity index (χ3n) is 2.83. The summed E-state index contributed by atoms with van der Waals surface area (Å²) in [4.78, 5) is 22.7. The molecule has 6 heteroatoms. The van der Waals surface area contributed by atoms with Gasteiger partial charge < -0.3 is 20.7 Å². The summed E-state index contributed by atoms with van der Waals surface area (Å²) in [6, 6.07) is 7.18. The molecular weight excluding hydrogens is 270 g/mol. The normalized spacial score (nSPS) is 10.2. The van der Waals surface area contributed by atoms with Crippen LogP contribution in [-0.2, 0) is 16.1 Å². The number of carbonyl (C=O) groups excluding carboxylic acids is 2. The fraction of sp³-hybridized carbons (Fsp3) is 0.467. The van der Waals surface area contributed by atoms with Gasteiger partial charge in [-0.05, 0) is 17.7 Å². The maximum Gasteiger partial charge on any atom is 0.251 e. The Kier molecular flexibility index (Phi) is 8.08. The smallest absolute Gasteiger partial charge is 0.251 e. The number of carbonyl (C=O) groups is 2. The third kappa shape index (κ3) is 7.43. The average molecular weight is 293 g/mol. The molecule has 0 heterocycles. The van der Waals surface area contributed by atoms with Crippen LogP contribution in [0.4, 0.5) is 0 Å². The first-order valence-corrected chi connectivity index (χ1v) is 6.94. The van der Waals surface area contributed by atoms with E-state index in [1.165, 1.54) is 6.92 Å². The summed E-state index contributed by atoms with van der Waals surface area (Å²) in [5.74, 6) is -0.174. The molecule has 0 spiro atoms. The Labute approximate surface area is 125 Å². The molecule has 3 N–H and O–H groups in total. The summed E-state index contributed by atoms with van der Waals surface area (Å²) in [5.41, 5.74) is 1.57. The topological polar surface area (TPSA) is 79.5 Å². The molecule has 2 amide bonds. The predicted molar refractivity (Wildman–Crippen MR) is 81.0 cm³/mol. The van der Waals surface area contributed by atoms with Crippen LogP contribution in [0.2, 0.25) is 0 Å². The highest BCUT2D eigenvalue weighted by Gasteiger charge is 2.04. The van der Waals surface area contributed by atoms with Crippen molar-refractivity contribution in [3.05, 3.63) is 35.4 Å². The molecule has 1 aromatic carbocycles. The summed E-state index contributed by atoms with van der Waals surface area (Å²) in [6.45, 7) is 4.64. The van der Waals surface area contributed by atoms with Crippen LogP contribution in [0.3, 0.4) is 0 Å². The second kappa shape index (κ2) is 9.90. The highest BCUT2D eigenvalue weighted by Crippen LogP contribution is 2.04. The zero-order valence-electron chi connectivity index (χ0n) is 12.6. The molecule has 0 unspecified atom stereocenters. The Morgan fingerprint density at radius 1 is 1.05 bits per heavy atom. The Bertz CT molecular complexity index is 446. The molecule has 0 saturated carbocycles. The molecule has 1 rings (SSSR count). The quantitative estimate of drug-likeness (QED) is 0.572. The van der Waals surface area contributed by atoms with Gasteiger partial charge in [-0.3, -0.25) is 9.59 Å². The molecular formula is C15H23N3O3. The van der Waals surface area contributed by atoms with Crippen LogP contribution >= 0.6 is 0 Å². The van der Waals surface area contributed by atoms with Crippen LogP contribution in [0.15, 0.2) is 24.3 Å². The number of hydrogen-bond donors (Lipinski definition) is 3. The Morgan fingerprint density at radius 2 is 1.76 bits per heavy atom. The van der Waals surface area contributed by atoms with E-state index in [1.54, 1.807) is 19.2 Å². The molecule has 6 nitrogen and oxygen atoms in total. The van der Waals surface area contributed by atoms with Crippen molar-refractivity contribution in [2.75, 3.05) is 33.4 Å². The van der Waals surface area contributed by atoms with Crippen LogP contribution in [0.1, 0.15) is 22.8 Å². The monoisotopic (exact) mass is 293 g/mol. The number of hydrogen-bond acceptors (Lipinski definition) is 4. The minimum Gasteiger partial charge on any atom is -0.383 e. The van der Waals surface area contributed by atoms with Crippen LogP contribution in [0.25, 0.3) is 0 Å². The van der Waals surface area contributed by atoms with Crippen molar-refractivity contribution in [1.29, 1.82) is 0 Å². The largest absolute Gasteiger partial charge is 0.383 e. The first-order valence-electron chi connectivity index (χ1n) is 6.94. The van der Waals surface area contributed by atoms with E-state index in [0.717, 1.165) is 12.1 Å². The van der Waals surface area contributed by atoms with Crippen LogP contribution in [0.5, 0.6) is 0 Å². The number of methoxy groups -OCH3 is 1. The number of benzene rings is 1. The molecule has 116 valence electrons. The van der Waals surface area contributed by atoms with Gasteiger partial charge in [-0.1, -0.05) is 12.1 Å². The van der Waals surface area contributed by atoms with Gasteiger partial charge in [-0.25, -0.2) is 0 Å². The lowest BCUT2D eigenvalue weighted by molar-refractivity contribution is -0.119. The first-order chi connectivity index (χ1) is 10.1. The molecule has 0 aliphatic heterocycles. The maximum atomic E-state index is 11.9. The maximum absolute atomic E-state index is 11.9. The molecule has 21 heavy (non-hydrogen) atoms. The summed E-state index contributed by atoms with van der Waals surface area (Å²) in [7, 11) is 1.65. The van der Waals surface area contributed by atoms with Crippen molar-refractivity contribution >= 4 is 11.8 Å². The van der Waals surface area contributed by atoms with E-state index in [9.17, 15) is 9.59 Å². The summed E-state index contributed by atoms with van der Waals surface area (Å²) >= 11 is 0. The van der Waals surface area contributed by atoms with Crippen molar-refractivity contribution in [3.63, 3.8) is 0 Å². The number of nitrogens with one attached hydrogen (secondary N) is 3. The molecule has 0 aliphatic rings. The SMILES string of the molecule is COCCNCCNC(=O)c1ccc(CNC(C)=O)cc1. The lowest BCUT2D eigenvalue weighted by atomic mass is 10.1. The third-order valence-corrected chi connectivity index (χ3v) is 2.83. The molecule has 0 fully saturated rings. The number of ether oxygens (including phenoxy) is 1. The van der Waals surface area contributed by atoms with E-state index in [2.05, 4.69) is 16.0 Å². The van der Waals surface area contributed by atoms with Crippen LogP contribution < -0.4 is 16.0 Å². The van der Waals surface area contributed by atoms with Crippen molar-refractivity contribution in [2.45, 2.75) is 13.5 Å². The van der Waals surface area contributed by atoms with Gasteiger partial charge >= 0.3 is 0 Å². The lowest BCUT2D eigenvalue weighted by Crippen LogP contribution is -2.33. The Balaban J connectivity index is 2.29. The molecule has 1 aromatic rings. The fourth-order valence-corrected chi connectivity index (χ4v) is 1.67. The summed E-state index contributed by atoms with van der Waals surface area (Å²) < 4.78 is 4.91. The van der Waals surface area contributed by atoms with Crippen molar-refractivity contribution in [3.8, 4) is 0 Å². The molecule has 0 aliphatic carbocycles. The van der Waals surface area contributed by atoms with Crippen LogP contribution in [0, 0.1) is 0 Å². The highest BCUT2D eigenvalue weighted by atomic mass is 16.5. The predicted octanol–water partition coefficient (Wildman–Crippen LogP) is 0.289. The van der Waals surface area contributed by atoms with Gasteiger partial charge in [0.1, 0.15) is 0 Å². The first kappa shape index (κ1) is 17.1. The second-order valence-corrected chi connectivity index (χ2v) is 4.61. The van der Waals surface area contributed by atoms with E-state index >= 15 is 0 Å². The average Bonchev–Trinajstić information content (AvgIpc) is 2.49. The van der Waals surface area contributed by atoms with E-state index in [4.69, 9.17) is 4.74 Å². The number of rotatable bonds is 9. The van der Waals surface area contributed by atoms with Gasteiger partial charge in [0.15, 0.2) is 0 Å². The van der Waals surface area contributed by atoms with Crippen molar-refractivity contribution in [1.82, 2.24) is 16.0 Å².